The molecule has 13 aromatic rings. The molecule has 1 spiro atoms. The van der Waals surface area contributed by atoms with Crippen LogP contribution in [0.1, 0.15) is 22.3 Å². The van der Waals surface area contributed by atoms with Crippen LogP contribution in [0, 0.1) is 0 Å². The van der Waals surface area contributed by atoms with Crippen molar-refractivity contribution < 1.29 is 9.15 Å². The average Bonchev–Trinajstić information content (AvgIpc) is 3.97. The van der Waals surface area contributed by atoms with Gasteiger partial charge in [-0.15, -0.1) is 0 Å². The van der Waals surface area contributed by atoms with Gasteiger partial charge in [0.05, 0.1) is 5.41 Å². The van der Waals surface area contributed by atoms with E-state index >= 15 is 0 Å². The molecule has 72 heavy (non-hydrogen) atoms. The molecule has 336 valence electrons. The highest BCUT2D eigenvalue weighted by Crippen LogP contribution is 2.64. The molecule has 0 fully saturated rings. The van der Waals surface area contributed by atoms with Gasteiger partial charge in [-0.1, -0.05) is 200 Å². The summed E-state index contributed by atoms with van der Waals surface area (Å²) in [6.07, 6.45) is 0. The Balaban J connectivity index is 0.866. The lowest BCUT2D eigenvalue weighted by Gasteiger charge is -2.40. The van der Waals surface area contributed by atoms with Crippen LogP contribution in [0.3, 0.4) is 0 Å². The summed E-state index contributed by atoms with van der Waals surface area (Å²) in [4.78, 5) is 2.37. The van der Waals surface area contributed by atoms with E-state index in [2.05, 4.69) is 254 Å². The van der Waals surface area contributed by atoms with Gasteiger partial charge < -0.3 is 14.1 Å². The molecule has 1 aromatic heterocycles. The first-order valence-corrected chi connectivity index (χ1v) is 24.7. The molecule has 2 aliphatic rings. The van der Waals surface area contributed by atoms with E-state index in [1.54, 1.807) is 0 Å². The summed E-state index contributed by atoms with van der Waals surface area (Å²) in [7, 11) is 0. The first kappa shape index (κ1) is 40.4. The third kappa shape index (κ3) is 6.04. The monoisotopic (exact) mass is 917 g/mol. The fourth-order valence-electron chi connectivity index (χ4n) is 12.0. The van der Waals surface area contributed by atoms with Crippen LogP contribution < -0.4 is 9.64 Å². The van der Waals surface area contributed by atoms with E-state index in [1.165, 1.54) is 27.8 Å². The summed E-state index contributed by atoms with van der Waals surface area (Å²) in [6, 6.07) is 94.8. The van der Waals surface area contributed by atoms with Crippen LogP contribution in [0.15, 0.2) is 265 Å². The quantitative estimate of drug-likeness (QED) is 0.166. The molecule has 1 aliphatic heterocycles. The molecule has 1 aliphatic carbocycles. The van der Waals surface area contributed by atoms with Crippen LogP contribution in [0.2, 0.25) is 0 Å². The number of benzene rings is 12. The van der Waals surface area contributed by atoms with E-state index in [0.29, 0.717) is 0 Å². The molecular weight excluding hydrogens is 875 g/mol. The largest absolute Gasteiger partial charge is 0.456 e. The average molecular weight is 918 g/mol. The molecule has 0 atom stereocenters. The zero-order chi connectivity index (χ0) is 47.3. The normalized spacial score (nSPS) is 12.9. The minimum atomic E-state index is -0.621. The minimum absolute atomic E-state index is 0.621. The molecule has 0 amide bonds. The van der Waals surface area contributed by atoms with Crippen molar-refractivity contribution in [1.82, 2.24) is 0 Å². The second kappa shape index (κ2) is 15.8. The number of ether oxygens (including phenoxy) is 1. The SMILES string of the molecule is c1ccc(-c2cccc(N(c3ccc(-c4ccc5c(c4)C4(c6ccccc6-5)c5ccc6ccccc6c5Oc5c4ccc4ccccc54)cc3)c3ccc(-c4ccc5oc6ccccc6c5c4)cc3)c2)cc1. The van der Waals surface area contributed by atoms with Crippen molar-refractivity contribution in [3.8, 4) is 56.0 Å². The molecule has 12 aromatic carbocycles. The molecule has 0 saturated carbocycles. The number of hydrogen-bond donors (Lipinski definition) is 0. The van der Waals surface area contributed by atoms with Gasteiger partial charge in [-0.25, -0.2) is 0 Å². The smallest absolute Gasteiger partial charge is 0.140 e. The molecule has 0 N–H and O–H groups in total. The van der Waals surface area contributed by atoms with Crippen LogP contribution >= 0.6 is 0 Å². The molecule has 0 bridgehead atoms. The van der Waals surface area contributed by atoms with Crippen molar-refractivity contribution in [2.45, 2.75) is 5.41 Å². The Morgan fingerprint density at radius 1 is 0.278 bits per heavy atom. The van der Waals surface area contributed by atoms with Gasteiger partial charge in [0.1, 0.15) is 22.7 Å². The Bertz CT molecular complexity index is 4220. The zero-order valence-electron chi connectivity index (χ0n) is 39.1. The van der Waals surface area contributed by atoms with Crippen LogP contribution in [0.4, 0.5) is 17.1 Å². The van der Waals surface area contributed by atoms with E-state index in [0.717, 1.165) is 111 Å². The van der Waals surface area contributed by atoms with Crippen LogP contribution in [-0.4, -0.2) is 0 Å². The number of para-hydroxylation sites is 1. The Morgan fingerprint density at radius 3 is 1.50 bits per heavy atom. The van der Waals surface area contributed by atoms with Gasteiger partial charge >= 0.3 is 0 Å². The summed E-state index contributed by atoms with van der Waals surface area (Å²) in [5, 5.41) is 6.80. The topological polar surface area (TPSA) is 25.6 Å². The molecule has 3 heteroatoms. The first-order valence-electron chi connectivity index (χ1n) is 24.7. The minimum Gasteiger partial charge on any atom is -0.456 e. The van der Waals surface area contributed by atoms with Crippen molar-refractivity contribution in [2.24, 2.45) is 0 Å². The van der Waals surface area contributed by atoms with Crippen molar-refractivity contribution in [1.29, 1.82) is 0 Å². The van der Waals surface area contributed by atoms with Crippen molar-refractivity contribution in [2.75, 3.05) is 4.90 Å². The molecule has 0 saturated heterocycles. The second-order valence-electron chi connectivity index (χ2n) is 19.1. The zero-order valence-corrected chi connectivity index (χ0v) is 39.1. The Kier molecular flexibility index (Phi) is 8.87. The molecule has 15 rings (SSSR count). The Morgan fingerprint density at radius 2 is 0.792 bits per heavy atom. The van der Waals surface area contributed by atoms with Gasteiger partial charge in [-0.2, -0.15) is 0 Å². The third-order valence-electron chi connectivity index (χ3n) is 15.3. The predicted molar refractivity (Wildman–Crippen MR) is 297 cm³/mol. The number of anilines is 3. The van der Waals surface area contributed by atoms with E-state index in [9.17, 15) is 0 Å². The molecule has 0 unspecified atom stereocenters. The summed E-state index contributed by atoms with van der Waals surface area (Å²) in [5.41, 5.74) is 18.7. The maximum absolute atomic E-state index is 7.22. The van der Waals surface area contributed by atoms with Gasteiger partial charge in [-0.3, -0.25) is 0 Å². The van der Waals surface area contributed by atoms with Gasteiger partial charge in [-0.05, 0) is 127 Å². The van der Waals surface area contributed by atoms with Gasteiger partial charge in [0.2, 0.25) is 0 Å². The fraction of sp³-hybridized carbons (Fsp3) is 0.0145. The summed E-state index contributed by atoms with van der Waals surface area (Å²) < 4.78 is 13.4. The van der Waals surface area contributed by atoms with E-state index in [4.69, 9.17) is 9.15 Å². The van der Waals surface area contributed by atoms with Crippen LogP contribution in [-0.2, 0) is 5.41 Å². The number of furan rings is 1. The standard InChI is InChI=1S/C69H43NO2/c1-2-13-44(14-3-1)49-17-12-18-54(41-49)70(52-33-25-45(26-34-52)50-32-40-66-60(42-50)59-22-9-11-24-65(59)71-66)53-35-27-46(28-36-53)51-29-37-58-57-21-8-10-23-61(57)69(64(58)43-51)62-38-30-47-15-4-6-19-55(47)67(62)72-68-56-20-7-5-16-48(56)31-39-63(68)69/h1-43H. The lowest BCUT2D eigenvalue weighted by atomic mass is 9.65. The maximum Gasteiger partial charge on any atom is 0.140 e. The van der Waals surface area contributed by atoms with E-state index in [1.807, 2.05) is 12.1 Å². The first-order chi connectivity index (χ1) is 35.7. The lowest BCUT2D eigenvalue weighted by molar-refractivity contribution is 0.447. The van der Waals surface area contributed by atoms with E-state index in [-0.39, 0.29) is 0 Å². The fourth-order valence-corrected chi connectivity index (χ4v) is 12.0. The molecule has 2 heterocycles. The van der Waals surface area contributed by atoms with Crippen LogP contribution in [0.25, 0.3) is 88.0 Å². The van der Waals surface area contributed by atoms with Crippen molar-refractivity contribution in [3.63, 3.8) is 0 Å². The highest BCUT2D eigenvalue weighted by Gasteiger charge is 2.52. The molecule has 3 nitrogen and oxygen atoms in total. The van der Waals surface area contributed by atoms with Crippen molar-refractivity contribution >= 4 is 60.5 Å². The van der Waals surface area contributed by atoms with Gasteiger partial charge in [0.25, 0.3) is 0 Å². The summed E-state index contributed by atoms with van der Waals surface area (Å²) in [5.74, 6) is 1.85. The third-order valence-corrected chi connectivity index (χ3v) is 15.3. The number of rotatable bonds is 6. The van der Waals surface area contributed by atoms with Gasteiger partial charge in [0.15, 0.2) is 0 Å². The number of nitrogens with zero attached hydrogens (tertiary/aromatic N) is 1. The summed E-state index contributed by atoms with van der Waals surface area (Å²) in [6.45, 7) is 0. The lowest BCUT2D eigenvalue weighted by Crippen LogP contribution is -2.32. The molecule has 0 radical (unpaired) electrons. The Hall–Kier alpha value is -9.44. The second-order valence-corrected chi connectivity index (χ2v) is 19.1. The number of hydrogen-bond acceptors (Lipinski definition) is 3. The Labute approximate surface area is 417 Å². The summed E-state index contributed by atoms with van der Waals surface area (Å²) >= 11 is 0. The van der Waals surface area contributed by atoms with Crippen LogP contribution in [0.5, 0.6) is 11.5 Å². The molecular formula is C69H43NO2. The van der Waals surface area contributed by atoms with Gasteiger partial charge in [0, 0.05) is 49.7 Å². The maximum atomic E-state index is 7.22. The van der Waals surface area contributed by atoms with E-state index < -0.39 is 5.41 Å². The highest BCUT2D eigenvalue weighted by atomic mass is 16.5. The highest BCUT2D eigenvalue weighted by molar-refractivity contribution is 6.06. The number of fused-ring (bicyclic) bond motifs is 16. The predicted octanol–water partition coefficient (Wildman–Crippen LogP) is 18.8. The van der Waals surface area contributed by atoms with Crippen molar-refractivity contribution in [3.05, 3.63) is 283 Å².